The first-order valence-electron chi connectivity index (χ1n) is 5.25. The van der Waals surface area contributed by atoms with Crippen molar-refractivity contribution in [3.8, 4) is 0 Å². The summed E-state index contributed by atoms with van der Waals surface area (Å²) < 4.78 is 5.76. The third-order valence-electron chi connectivity index (χ3n) is 3.07. The van der Waals surface area contributed by atoms with Crippen LogP contribution < -0.4 is 0 Å². The Hall–Kier alpha value is -0.560. The van der Waals surface area contributed by atoms with E-state index in [9.17, 15) is 0 Å². The van der Waals surface area contributed by atoms with Crippen LogP contribution in [0.3, 0.4) is 0 Å². The average Bonchev–Trinajstić information content (AvgIpc) is 2.48. The van der Waals surface area contributed by atoms with Gasteiger partial charge in [-0.1, -0.05) is 31.1 Å². The van der Waals surface area contributed by atoms with E-state index in [2.05, 4.69) is 19.6 Å². The molecule has 0 spiro atoms. The number of fused-ring (bicyclic) bond motifs is 1. The highest BCUT2D eigenvalue weighted by Crippen LogP contribution is 2.37. The fraction of sp³-hybridized carbons (Fsp3) is 0.667. The number of hydrogen-bond acceptors (Lipinski definition) is 1. The van der Waals surface area contributed by atoms with Gasteiger partial charge >= 0.3 is 0 Å². The molecule has 13 heavy (non-hydrogen) atoms. The largest absolute Gasteiger partial charge is 0.373 e. The maximum atomic E-state index is 5.76. The normalized spacial score (nSPS) is 36.2. The zero-order chi connectivity index (χ0) is 9.26. The average molecular weight is 178 g/mol. The molecule has 2 rings (SSSR count). The zero-order valence-corrected chi connectivity index (χ0v) is 8.38. The van der Waals surface area contributed by atoms with E-state index in [4.69, 9.17) is 4.74 Å². The summed E-state index contributed by atoms with van der Waals surface area (Å²) in [6.07, 6.45) is 8.05. The van der Waals surface area contributed by atoms with Crippen molar-refractivity contribution in [2.45, 2.75) is 38.7 Å². The summed E-state index contributed by atoms with van der Waals surface area (Å²) >= 11 is 0. The van der Waals surface area contributed by atoms with Gasteiger partial charge in [-0.2, -0.15) is 0 Å². The van der Waals surface area contributed by atoms with E-state index in [1.54, 1.807) is 0 Å². The topological polar surface area (TPSA) is 9.23 Å². The maximum Gasteiger partial charge on any atom is 0.0687 e. The molecule has 0 amide bonds. The van der Waals surface area contributed by atoms with Gasteiger partial charge < -0.3 is 4.74 Å². The maximum absolute atomic E-state index is 5.76. The molecule has 0 radical (unpaired) electrons. The fourth-order valence-corrected chi connectivity index (χ4v) is 2.50. The van der Waals surface area contributed by atoms with Crippen LogP contribution in [0.25, 0.3) is 0 Å². The zero-order valence-electron chi connectivity index (χ0n) is 8.38. The van der Waals surface area contributed by atoms with Crippen molar-refractivity contribution in [1.29, 1.82) is 0 Å². The molecule has 1 saturated heterocycles. The molecule has 1 heterocycles. The second-order valence-corrected chi connectivity index (χ2v) is 4.31. The molecule has 0 bridgehead atoms. The van der Waals surface area contributed by atoms with Gasteiger partial charge in [0.1, 0.15) is 0 Å². The number of ether oxygens (including phenoxy) is 1. The summed E-state index contributed by atoms with van der Waals surface area (Å²) in [5.74, 6) is 0.713. The summed E-state index contributed by atoms with van der Waals surface area (Å²) in [6, 6.07) is 0. The predicted octanol–water partition coefficient (Wildman–Crippen LogP) is 3.08. The standard InChI is InChI=1S/C12H18O/c1-9(2)7-10-8-13-12-6-4-3-5-11(10)12/h7,11-12H,1,3-6,8H2,2H3/b10-7-. The van der Waals surface area contributed by atoms with Crippen LogP contribution in [0.15, 0.2) is 23.8 Å². The van der Waals surface area contributed by atoms with Gasteiger partial charge in [-0.05, 0) is 25.3 Å². The number of hydrogen-bond donors (Lipinski definition) is 0. The highest BCUT2D eigenvalue weighted by Gasteiger charge is 2.33. The molecule has 2 aliphatic rings. The fourth-order valence-electron chi connectivity index (χ4n) is 2.50. The Morgan fingerprint density at radius 2 is 2.23 bits per heavy atom. The van der Waals surface area contributed by atoms with Crippen LogP contribution in [0.4, 0.5) is 0 Å². The van der Waals surface area contributed by atoms with Crippen molar-refractivity contribution in [1.82, 2.24) is 0 Å². The third kappa shape index (κ3) is 1.86. The number of allylic oxidation sites excluding steroid dienone is 2. The molecule has 0 N–H and O–H groups in total. The van der Waals surface area contributed by atoms with Crippen LogP contribution >= 0.6 is 0 Å². The Bertz CT molecular complexity index is 240. The van der Waals surface area contributed by atoms with Crippen molar-refractivity contribution in [3.05, 3.63) is 23.8 Å². The lowest BCUT2D eigenvalue weighted by molar-refractivity contribution is 0.0663. The molecule has 1 saturated carbocycles. The van der Waals surface area contributed by atoms with Gasteiger partial charge in [-0.25, -0.2) is 0 Å². The Morgan fingerprint density at radius 1 is 1.46 bits per heavy atom. The van der Waals surface area contributed by atoms with Gasteiger partial charge in [-0.15, -0.1) is 0 Å². The molecule has 2 unspecified atom stereocenters. The van der Waals surface area contributed by atoms with E-state index >= 15 is 0 Å². The Kier molecular flexibility index (Phi) is 2.54. The predicted molar refractivity (Wildman–Crippen MR) is 54.6 cm³/mol. The SMILES string of the molecule is C=C(C)/C=C1/COC2CCCCC12. The Labute approximate surface area is 80.5 Å². The number of rotatable bonds is 1. The summed E-state index contributed by atoms with van der Waals surface area (Å²) in [7, 11) is 0. The summed E-state index contributed by atoms with van der Waals surface area (Å²) in [5, 5.41) is 0. The van der Waals surface area contributed by atoms with Crippen LogP contribution in [0.2, 0.25) is 0 Å². The minimum Gasteiger partial charge on any atom is -0.373 e. The third-order valence-corrected chi connectivity index (χ3v) is 3.07. The molecule has 1 aliphatic carbocycles. The first-order valence-corrected chi connectivity index (χ1v) is 5.25. The second kappa shape index (κ2) is 3.67. The van der Waals surface area contributed by atoms with Crippen LogP contribution in [0.5, 0.6) is 0 Å². The quantitative estimate of drug-likeness (QED) is 0.599. The van der Waals surface area contributed by atoms with Crippen molar-refractivity contribution in [3.63, 3.8) is 0 Å². The smallest absolute Gasteiger partial charge is 0.0687 e. The minimum absolute atomic E-state index is 0.527. The van der Waals surface area contributed by atoms with Crippen LogP contribution in [-0.4, -0.2) is 12.7 Å². The molecule has 1 nitrogen and oxygen atoms in total. The molecular formula is C12H18O. The monoisotopic (exact) mass is 178 g/mol. The molecule has 0 aromatic rings. The second-order valence-electron chi connectivity index (χ2n) is 4.31. The van der Waals surface area contributed by atoms with Crippen molar-refractivity contribution >= 4 is 0 Å². The Morgan fingerprint density at radius 3 is 3.00 bits per heavy atom. The molecule has 1 aliphatic heterocycles. The summed E-state index contributed by atoms with van der Waals surface area (Å²) in [6.45, 7) is 6.83. The van der Waals surface area contributed by atoms with Gasteiger partial charge in [0, 0.05) is 5.92 Å². The van der Waals surface area contributed by atoms with Gasteiger partial charge in [0.05, 0.1) is 12.7 Å². The Balaban J connectivity index is 2.11. The van der Waals surface area contributed by atoms with Gasteiger partial charge in [0.2, 0.25) is 0 Å². The van der Waals surface area contributed by atoms with E-state index in [1.165, 1.54) is 31.3 Å². The molecular weight excluding hydrogens is 160 g/mol. The minimum atomic E-state index is 0.527. The van der Waals surface area contributed by atoms with E-state index in [0.717, 1.165) is 12.2 Å². The first kappa shape index (κ1) is 9.01. The van der Waals surface area contributed by atoms with Crippen molar-refractivity contribution < 1.29 is 4.74 Å². The molecule has 72 valence electrons. The van der Waals surface area contributed by atoms with Crippen LogP contribution in [0, 0.1) is 5.92 Å². The van der Waals surface area contributed by atoms with E-state index in [1.807, 2.05) is 0 Å². The van der Waals surface area contributed by atoms with E-state index < -0.39 is 0 Å². The molecule has 1 heteroatoms. The van der Waals surface area contributed by atoms with Crippen molar-refractivity contribution in [2.24, 2.45) is 5.92 Å². The van der Waals surface area contributed by atoms with E-state index in [-0.39, 0.29) is 0 Å². The lowest BCUT2D eigenvalue weighted by atomic mass is 9.83. The lowest BCUT2D eigenvalue weighted by Crippen LogP contribution is -2.20. The highest BCUT2D eigenvalue weighted by molar-refractivity contribution is 5.24. The molecule has 2 fully saturated rings. The van der Waals surface area contributed by atoms with Crippen LogP contribution in [0.1, 0.15) is 32.6 Å². The van der Waals surface area contributed by atoms with Crippen LogP contribution in [-0.2, 0) is 4.74 Å². The summed E-state index contributed by atoms with van der Waals surface area (Å²) in [5.41, 5.74) is 2.64. The highest BCUT2D eigenvalue weighted by atomic mass is 16.5. The molecule has 0 aromatic heterocycles. The van der Waals surface area contributed by atoms with Gasteiger partial charge in [0.25, 0.3) is 0 Å². The van der Waals surface area contributed by atoms with Crippen molar-refractivity contribution in [2.75, 3.05) is 6.61 Å². The van der Waals surface area contributed by atoms with Gasteiger partial charge in [-0.3, -0.25) is 0 Å². The first-order chi connectivity index (χ1) is 6.27. The molecule has 2 atom stereocenters. The van der Waals surface area contributed by atoms with Gasteiger partial charge in [0.15, 0.2) is 0 Å². The summed E-state index contributed by atoms with van der Waals surface area (Å²) in [4.78, 5) is 0. The van der Waals surface area contributed by atoms with E-state index in [0.29, 0.717) is 12.0 Å². The lowest BCUT2D eigenvalue weighted by Gasteiger charge is -2.24. The molecule has 0 aromatic carbocycles.